The van der Waals surface area contributed by atoms with E-state index in [0.717, 1.165) is 19.0 Å². The summed E-state index contributed by atoms with van der Waals surface area (Å²) in [6.07, 6.45) is 2.65. The predicted molar refractivity (Wildman–Crippen MR) is 106 cm³/mol. The van der Waals surface area contributed by atoms with Crippen molar-refractivity contribution in [2.24, 2.45) is 4.99 Å². The third-order valence-corrected chi connectivity index (χ3v) is 5.15. The van der Waals surface area contributed by atoms with Gasteiger partial charge >= 0.3 is 0 Å². The van der Waals surface area contributed by atoms with Crippen LogP contribution in [0.3, 0.4) is 0 Å². The summed E-state index contributed by atoms with van der Waals surface area (Å²) in [7, 11) is 0. The molecule has 1 N–H and O–H groups in total. The fourth-order valence-electron chi connectivity index (χ4n) is 3.35. The van der Waals surface area contributed by atoms with E-state index in [4.69, 9.17) is 16.3 Å². The number of fused-ring (bicyclic) bond motifs is 1. The van der Waals surface area contributed by atoms with Crippen molar-refractivity contribution in [3.05, 3.63) is 76.0 Å². The smallest absolute Gasteiger partial charge is 0.231 e. The molecule has 2 aromatic rings. The normalized spacial score (nSPS) is 18.3. The number of anilines is 1. The summed E-state index contributed by atoms with van der Waals surface area (Å²) in [5, 5.41) is 3.71. The third kappa shape index (κ3) is 3.97. The molecule has 0 fully saturated rings. The van der Waals surface area contributed by atoms with E-state index in [-0.39, 0.29) is 24.2 Å². The molecule has 0 amide bonds. The standard InChI is InChI=1S/C21H20ClF2N3O/c1-13-26-21(28-12-16-3-4-17(23)9-19(16)24)18(22)11-27(13)10-14-2-5-20-15(8-14)6-7-25-20/h2-5,8-9,11,13,25H,6-7,10,12H2,1H3. The van der Waals surface area contributed by atoms with Gasteiger partial charge in [-0.1, -0.05) is 23.7 Å². The van der Waals surface area contributed by atoms with Gasteiger partial charge in [-0.25, -0.2) is 13.8 Å². The highest BCUT2D eigenvalue weighted by molar-refractivity contribution is 6.42. The zero-order valence-electron chi connectivity index (χ0n) is 15.4. The van der Waals surface area contributed by atoms with Gasteiger partial charge in [0.1, 0.15) is 29.4 Å². The van der Waals surface area contributed by atoms with Gasteiger partial charge in [-0.05, 0) is 42.7 Å². The fraction of sp³-hybridized carbons (Fsp3) is 0.286. The summed E-state index contributed by atoms with van der Waals surface area (Å²) in [5.41, 5.74) is 3.95. The van der Waals surface area contributed by atoms with Crippen LogP contribution in [0.1, 0.15) is 23.6 Å². The SMILES string of the molecule is CC1N=C(OCc2ccc(F)cc2F)C(Cl)=CN1Cc1ccc2c(c1)CCN2. The van der Waals surface area contributed by atoms with E-state index >= 15 is 0 Å². The van der Waals surface area contributed by atoms with Crippen molar-refractivity contribution in [2.45, 2.75) is 32.7 Å². The lowest BCUT2D eigenvalue weighted by molar-refractivity contribution is 0.250. The van der Waals surface area contributed by atoms with Crippen LogP contribution in [0.25, 0.3) is 0 Å². The van der Waals surface area contributed by atoms with E-state index < -0.39 is 11.6 Å². The molecule has 2 heterocycles. The van der Waals surface area contributed by atoms with Crippen LogP contribution in [0.2, 0.25) is 0 Å². The van der Waals surface area contributed by atoms with E-state index in [1.807, 2.05) is 11.8 Å². The monoisotopic (exact) mass is 403 g/mol. The molecule has 2 aromatic carbocycles. The molecule has 146 valence electrons. The molecular formula is C21H20ClF2N3O. The van der Waals surface area contributed by atoms with Crippen molar-refractivity contribution in [3.8, 4) is 0 Å². The Morgan fingerprint density at radius 1 is 1.25 bits per heavy atom. The Morgan fingerprint density at radius 2 is 2.11 bits per heavy atom. The minimum atomic E-state index is -0.655. The zero-order valence-corrected chi connectivity index (χ0v) is 16.1. The highest BCUT2D eigenvalue weighted by atomic mass is 35.5. The van der Waals surface area contributed by atoms with Gasteiger partial charge in [0.05, 0.1) is 0 Å². The Morgan fingerprint density at radius 3 is 2.93 bits per heavy atom. The van der Waals surface area contributed by atoms with Crippen LogP contribution < -0.4 is 5.32 Å². The van der Waals surface area contributed by atoms with Crippen LogP contribution >= 0.6 is 11.6 Å². The van der Waals surface area contributed by atoms with Gasteiger partial charge in [0.25, 0.3) is 0 Å². The van der Waals surface area contributed by atoms with Crippen molar-refractivity contribution < 1.29 is 13.5 Å². The maximum Gasteiger partial charge on any atom is 0.231 e. The zero-order chi connectivity index (χ0) is 19.7. The molecule has 0 aromatic heterocycles. The molecule has 0 spiro atoms. The van der Waals surface area contributed by atoms with Gasteiger partial charge in [-0.3, -0.25) is 0 Å². The number of benzene rings is 2. The Hall–Kier alpha value is -2.60. The first-order valence-electron chi connectivity index (χ1n) is 9.13. The molecule has 4 rings (SSSR count). The maximum absolute atomic E-state index is 13.8. The fourth-order valence-corrected chi connectivity index (χ4v) is 3.58. The summed E-state index contributed by atoms with van der Waals surface area (Å²) in [6, 6.07) is 9.78. The van der Waals surface area contributed by atoms with Crippen molar-refractivity contribution in [3.63, 3.8) is 0 Å². The molecule has 0 radical (unpaired) electrons. The van der Waals surface area contributed by atoms with Crippen molar-refractivity contribution in [1.29, 1.82) is 0 Å². The number of hydrogen-bond acceptors (Lipinski definition) is 4. The summed E-state index contributed by atoms with van der Waals surface area (Å²) in [4.78, 5) is 6.51. The van der Waals surface area contributed by atoms with Gasteiger partial charge < -0.3 is 15.0 Å². The Labute approximate surface area is 167 Å². The lowest BCUT2D eigenvalue weighted by Gasteiger charge is -2.29. The first-order chi connectivity index (χ1) is 13.5. The topological polar surface area (TPSA) is 36.9 Å². The number of rotatable bonds is 4. The van der Waals surface area contributed by atoms with Gasteiger partial charge in [-0.15, -0.1) is 0 Å². The lowest BCUT2D eigenvalue weighted by Crippen LogP contribution is -2.32. The minimum absolute atomic E-state index is 0.0699. The molecule has 28 heavy (non-hydrogen) atoms. The van der Waals surface area contributed by atoms with Crippen molar-refractivity contribution in [1.82, 2.24) is 4.90 Å². The average molecular weight is 404 g/mol. The van der Waals surface area contributed by atoms with Crippen LogP contribution in [-0.2, 0) is 24.3 Å². The number of nitrogens with one attached hydrogen (secondary N) is 1. The number of nitrogens with zero attached hydrogens (tertiary/aromatic N) is 2. The van der Waals surface area contributed by atoms with Gasteiger partial charge in [0.15, 0.2) is 0 Å². The Balaban J connectivity index is 1.42. The summed E-state index contributed by atoms with van der Waals surface area (Å²) >= 11 is 6.33. The Kier molecular flexibility index (Phi) is 5.22. The average Bonchev–Trinajstić information content (AvgIpc) is 3.12. The van der Waals surface area contributed by atoms with E-state index in [1.54, 1.807) is 6.20 Å². The van der Waals surface area contributed by atoms with Crippen molar-refractivity contribution >= 4 is 23.2 Å². The highest BCUT2D eigenvalue weighted by Gasteiger charge is 2.22. The Bertz CT molecular complexity index is 961. The molecule has 2 aliphatic rings. The first-order valence-corrected chi connectivity index (χ1v) is 9.51. The van der Waals surface area contributed by atoms with Crippen LogP contribution in [0.4, 0.5) is 14.5 Å². The largest absolute Gasteiger partial charge is 0.472 e. The van der Waals surface area contributed by atoms with E-state index in [1.165, 1.54) is 28.9 Å². The molecule has 0 saturated heterocycles. The van der Waals surface area contributed by atoms with Gasteiger partial charge in [-0.2, -0.15) is 0 Å². The lowest BCUT2D eigenvalue weighted by atomic mass is 10.1. The molecule has 0 aliphatic carbocycles. The number of halogens is 3. The third-order valence-electron chi connectivity index (χ3n) is 4.89. The first kappa shape index (κ1) is 18.7. The molecule has 0 bridgehead atoms. The predicted octanol–water partition coefficient (Wildman–Crippen LogP) is 4.79. The molecule has 1 atom stereocenters. The highest BCUT2D eigenvalue weighted by Crippen LogP contribution is 2.26. The van der Waals surface area contributed by atoms with E-state index in [2.05, 4.69) is 28.5 Å². The molecule has 0 saturated carbocycles. The van der Waals surface area contributed by atoms with Crippen LogP contribution in [-0.4, -0.2) is 23.5 Å². The minimum Gasteiger partial charge on any atom is -0.472 e. The quantitative estimate of drug-likeness (QED) is 0.797. The van der Waals surface area contributed by atoms with E-state index in [0.29, 0.717) is 11.6 Å². The molecule has 4 nitrogen and oxygen atoms in total. The number of ether oxygens (including phenoxy) is 1. The van der Waals surface area contributed by atoms with Crippen molar-refractivity contribution in [2.75, 3.05) is 11.9 Å². The molecular weight excluding hydrogens is 384 g/mol. The second-order valence-electron chi connectivity index (χ2n) is 6.91. The second kappa shape index (κ2) is 7.80. The van der Waals surface area contributed by atoms with Crippen LogP contribution in [0.15, 0.2) is 52.6 Å². The van der Waals surface area contributed by atoms with Gasteiger partial charge in [0, 0.05) is 36.6 Å². The summed E-state index contributed by atoms with van der Waals surface area (Å²) < 4.78 is 32.3. The summed E-state index contributed by atoms with van der Waals surface area (Å²) in [6.45, 7) is 3.52. The molecule has 2 aliphatic heterocycles. The van der Waals surface area contributed by atoms with Crippen LogP contribution in [0.5, 0.6) is 0 Å². The molecule has 1 unspecified atom stereocenters. The summed E-state index contributed by atoms with van der Waals surface area (Å²) in [5.74, 6) is -1.02. The van der Waals surface area contributed by atoms with Crippen LogP contribution in [0, 0.1) is 11.6 Å². The second-order valence-corrected chi connectivity index (χ2v) is 7.32. The van der Waals surface area contributed by atoms with Gasteiger partial charge in [0.2, 0.25) is 5.90 Å². The van der Waals surface area contributed by atoms with E-state index in [9.17, 15) is 8.78 Å². The number of aliphatic imine (C=N–C) groups is 1. The number of hydrogen-bond donors (Lipinski definition) is 1. The maximum atomic E-state index is 13.8. The molecule has 7 heteroatoms.